The summed E-state index contributed by atoms with van der Waals surface area (Å²) in [4.78, 5) is 31.0. The molecule has 1 spiro atoms. The Hall–Kier alpha value is -2.08. The molecule has 0 atom stereocenters. The van der Waals surface area contributed by atoms with Crippen LogP contribution in [0.5, 0.6) is 0 Å². The van der Waals surface area contributed by atoms with E-state index < -0.39 is 0 Å². The van der Waals surface area contributed by atoms with Crippen LogP contribution in [0.3, 0.4) is 0 Å². The quantitative estimate of drug-likeness (QED) is 0.813. The van der Waals surface area contributed by atoms with Crippen molar-refractivity contribution in [2.24, 2.45) is 5.41 Å². The Balaban J connectivity index is 1.33. The van der Waals surface area contributed by atoms with Gasteiger partial charge < -0.3 is 19.4 Å². The van der Waals surface area contributed by atoms with Gasteiger partial charge in [-0.25, -0.2) is 4.79 Å². The summed E-state index contributed by atoms with van der Waals surface area (Å²) in [7, 11) is 0. The lowest BCUT2D eigenvalue weighted by Crippen LogP contribution is -2.52. The minimum absolute atomic E-state index is 0.0493. The Labute approximate surface area is 154 Å². The fourth-order valence-corrected chi connectivity index (χ4v) is 4.39. The molecule has 3 amide bonds. The van der Waals surface area contributed by atoms with E-state index in [1.165, 1.54) is 5.56 Å². The van der Waals surface area contributed by atoms with Gasteiger partial charge >= 0.3 is 6.03 Å². The van der Waals surface area contributed by atoms with Gasteiger partial charge in [-0.1, -0.05) is 30.3 Å². The minimum Gasteiger partial charge on any atom is -0.378 e. The van der Waals surface area contributed by atoms with Gasteiger partial charge in [-0.2, -0.15) is 0 Å². The molecule has 0 bridgehead atoms. The van der Waals surface area contributed by atoms with Gasteiger partial charge in [-0.05, 0) is 18.4 Å². The molecule has 0 N–H and O–H groups in total. The van der Waals surface area contributed by atoms with E-state index in [1.54, 1.807) is 0 Å². The van der Waals surface area contributed by atoms with Crippen LogP contribution in [-0.2, 0) is 16.1 Å². The van der Waals surface area contributed by atoms with Crippen LogP contribution in [-0.4, -0.2) is 72.6 Å². The largest absolute Gasteiger partial charge is 0.378 e. The Morgan fingerprint density at radius 2 is 1.65 bits per heavy atom. The van der Waals surface area contributed by atoms with Gasteiger partial charge in [-0.3, -0.25) is 4.79 Å². The lowest BCUT2D eigenvalue weighted by atomic mass is 9.77. The molecule has 140 valence electrons. The summed E-state index contributed by atoms with van der Waals surface area (Å²) in [6.07, 6.45) is 2.46. The molecule has 1 aromatic rings. The standard InChI is InChI=1S/C20H27N3O3/c24-18-14-20(16-23(18)15-17-4-2-1-3-5-17)6-8-21(9-7-20)19(25)22-10-12-26-13-11-22/h1-5H,6-16H2. The molecule has 6 nitrogen and oxygen atoms in total. The van der Waals surface area contributed by atoms with E-state index in [9.17, 15) is 9.59 Å². The molecule has 1 aromatic carbocycles. The van der Waals surface area contributed by atoms with E-state index >= 15 is 0 Å². The molecule has 0 aromatic heterocycles. The lowest BCUT2D eigenvalue weighted by Gasteiger charge is -2.41. The van der Waals surface area contributed by atoms with E-state index in [0.29, 0.717) is 39.3 Å². The van der Waals surface area contributed by atoms with Crippen LogP contribution >= 0.6 is 0 Å². The second-order valence-electron chi connectivity index (χ2n) is 7.78. The van der Waals surface area contributed by atoms with E-state index in [2.05, 4.69) is 12.1 Å². The molecule has 3 aliphatic heterocycles. The molecule has 0 radical (unpaired) electrons. The molecule has 6 heteroatoms. The molecule has 3 saturated heterocycles. The number of carbonyl (C=O) groups is 2. The van der Waals surface area contributed by atoms with E-state index in [0.717, 1.165) is 32.5 Å². The number of ether oxygens (including phenoxy) is 1. The highest BCUT2D eigenvalue weighted by atomic mass is 16.5. The third kappa shape index (κ3) is 3.56. The smallest absolute Gasteiger partial charge is 0.320 e. The first-order chi connectivity index (χ1) is 12.7. The zero-order chi connectivity index (χ0) is 18.0. The van der Waals surface area contributed by atoms with Gasteiger partial charge in [0.2, 0.25) is 5.91 Å². The van der Waals surface area contributed by atoms with Crippen molar-refractivity contribution < 1.29 is 14.3 Å². The Morgan fingerprint density at radius 3 is 2.35 bits per heavy atom. The normalized spacial score (nSPS) is 22.9. The van der Waals surface area contributed by atoms with Gasteiger partial charge in [0.25, 0.3) is 0 Å². The third-order valence-corrected chi connectivity index (χ3v) is 6.00. The number of likely N-dealkylation sites (tertiary alicyclic amines) is 2. The molecular formula is C20H27N3O3. The van der Waals surface area contributed by atoms with Crippen molar-refractivity contribution in [3.05, 3.63) is 35.9 Å². The van der Waals surface area contributed by atoms with Crippen molar-refractivity contribution in [1.82, 2.24) is 14.7 Å². The van der Waals surface area contributed by atoms with Gasteiger partial charge in [-0.15, -0.1) is 0 Å². The summed E-state index contributed by atoms with van der Waals surface area (Å²) in [5, 5.41) is 0. The molecular weight excluding hydrogens is 330 g/mol. The van der Waals surface area contributed by atoms with E-state index in [1.807, 2.05) is 32.9 Å². The number of amides is 3. The number of piperidine rings is 1. The molecule has 3 aliphatic rings. The highest BCUT2D eigenvalue weighted by Crippen LogP contribution is 2.41. The maximum Gasteiger partial charge on any atom is 0.320 e. The first kappa shape index (κ1) is 17.3. The fraction of sp³-hybridized carbons (Fsp3) is 0.600. The molecule has 4 rings (SSSR count). The van der Waals surface area contributed by atoms with Crippen LogP contribution in [0.15, 0.2) is 30.3 Å². The number of carbonyl (C=O) groups excluding carboxylic acids is 2. The van der Waals surface area contributed by atoms with Crippen molar-refractivity contribution in [2.75, 3.05) is 45.9 Å². The second kappa shape index (κ2) is 7.27. The first-order valence-electron chi connectivity index (χ1n) is 9.59. The van der Waals surface area contributed by atoms with Crippen molar-refractivity contribution in [3.8, 4) is 0 Å². The van der Waals surface area contributed by atoms with E-state index in [4.69, 9.17) is 4.74 Å². The highest BCUT2D eigenvalue weighted by molar-refractivity contribution is 5.80. The summed E-state index contributed by atoms with van der Waals surface area (Å²) >= 11 is 0. The number of urea groups is 1. The predicted molar refractivity (Wildman–Crippen MR) is 97.5 cm³/mol. The second-order valence-corrected chi connectivity index (χ2v) is 7.78. The van der Waals surface area contributed by atoms with Crippen LogP contribution in [0.25, 0.3) is 0 Å². The number of nitrogens with zero attached hydrogens (tertiary/aromatic N) is 3. The average molecular weight is 357 g/mol. The van der Waals surface area contributed by atoms with E-state index in [-0.39, 0.29) is 17.4 Å². The molecule has 0 unspecified atom stereocenters. The summed E-state index contributed by atoms with van der Waals surface area (Å²) in [6.45, 7) is 5.65. The number of morpholine rings is 1. The average Bonchev–Trinajstić information content (AvgIpc) is 2.98. The topological polar surface area (TPSA) is 53.1 Å². The Kier molecular flexibility index (Phi) is 4.85. The number of benzene rings is 1. The zero-order valence-electron chi connectivity index (χ0n) is 15.2. The maximum absolute atomic E-state index is 12.6. The predicted octanol–water partition coefficient (Wildman–Crippen LogP) is 1.95. The third-order valence-electron chi connectivity index (χ3n) is 6.00. The number of hydrogen-bond acceptors (Lipinski definition) is 3. The first-order valence-corrected chi connectivity index (χ1v) is 9.59. The Bertz CT molecular complexity index is 650. The molecule has 26 heavy (non-hydrogen) atoms. The van der Waals surface area contributed by atoms with Crippen LogP contribution in [0.4, 0.5) is 4.79 Å². The molecule has 3 fully saturated rings. The molecule has 3 heterocycles. The summed E-state index contributed by atoms with van der Waals surface area (Å²) in [6, 6.07) is 10.3. The van der Waals surface area contributed by atoms with Gasteiger partial charge in [0.15, 0.2) is 0 Å². The lowest BCUT2D eigenvalue weighted by molar-refractivity contribution is -0.128. The van der Waals surface area contributed by atoms with Crippen molar-refractivity contribution in [3.63, 3.8) is 0 Å². The Morgan fingerprint density at radius 1 is 1.00 bits per heavy atom. The van der Waals surface area contributed by atoms with Gasteiger partial charge in [0.1, 0.15) is 0 Å². The monoisotopic (exact) mass is 357 g/mol. The van der Waals surface area contributed by atoms with Crippen molar-refractivity contribution in [2.45, 2.75) is 25.8 Å². The number of rotatable bonds is 2. The molecule has 0 aliphatic carbocycles. The van der Waals surface area contributed by atoms with Crippen molar-refractivity contribution >= 4 is 11.9 Å². The van der Waals surface area contributed by atoms with Crippen molar-refractivity contribution in [1.29, 1.82) is 0 Å². The van der Waals surface area contributed by atoms with Gasteiger partial charge in [0.05, 0.1) is 13.2 Å². The summed E-state index contributed by atoms with van der Waals surface area (Å²) in [5.74, 6) is 0.252. The van der Waals surface area contributed by atoms with Crippen LogP contribution in [0.2, 0.25) is 0 Å². The zero-order valence-corrected chi connectivity index (χ0v) is 15.2. The highest BCUT2D eigenvalue weighted by Gasteiger charge is 2.45. The summed E-state index contributed by atoms with van der Waals surface area (Å²) in [5.41, 5.74) is 1.23. The molecule has 0 saturated carbocycles. The SMILES string of the molecule is O=C1CC2(CCN(C(=O)N3CCOCC3)CC2)CN1Cc1ccccc1. The van der Waals surface area contributed by atoms with Crippen LogP contribution in [0.1, 0.15) is 24.8 Å². The minimum atomic E-state index is 0.0493. The number of hydrogen-bond donors (Lipinski definition) is 0. The summed E-state index contributed by atoms with van der Waals surface area (Å²) < 4.78 is 5.33. The fourth-order valence-electron chi connectivity index (χ4n) is 4.39. The van der Waals surface area contributed by atoms with Crippen LogP contribution < -0.4 is 0 Å². The van der Waals surface area contributed by atoms with Crippen LogP contribution in [0, 0.1) is 5.41 Å². The maximum atomic E-state index is 12.6. The van der Waals surface area contributed by atoms with Gasteiger partial charge in [0, 0.05) is 51.1 Å².